The van der Waals surface area contributed by atoms with E-state index in [1.807, 2.05) is 6.92 Å². The summed E-state index contributed by atoms with van der Waals surface area (Å²) in [6, 6.07) is 0. The van der Waals surface area contributed by atoms with Gasteiger partial charge in [0.25, 0.3) is 10.1 Å². The van der Waals surface area contributed by atoms with Gasteiger partial charge in [0.05, 0.1) is 11.4 Å². The van der Waals surface area contributed by atoms with Gasteiger partial charge in [-0.3, -0.25) is 4.55 Å². The van der Waals surface area contributed by atoms with Gasteiger partial charge >= 0.3 is 0 Å². The summed E-state index contributed by atoms with van der Waals surface area (Å²) in [5, 5.41) is 9.06. The maximum Gasteiger partial charge on any atom is 0.267 e. The van der Waals surface area contributed by atoms with E-state index in [1.54, 1.807) is 0 Å². The Kier molecular flexibility index (Phi) is 14.2. The van der Waals surface area contributed by atoms with Gasteiger partial charge in [0.2, 0.25) is 0 Å². The molecule has 0 fully saturated rings. The van der Waals surface area contributed by atoms with Crippen molar-refractivity contribution in [2.75, 3.05) is 0 Å². The van der Waals surface area contributed by atoms with Crippen LogP contribution < -0.4 is 0 Å². The second-order valence-electron chi connectivity index (χ2n) is 6.77. The second-order valence-corrected chi connectivity index (χ2v) is 8.47. The van der Waals surface area contributed by atoms with Crippen LogP contribution >= 0.6 is 0 Å². The van der Waals surface area contributed by atoms with Crippen molar-refractivity contribution in [2.24, 2.45) is 0 Å². The topological polar surface area (TPSA) is 74.6 Å². The lowest BCUT2D eigenvalue weighted by molar-refractivity contribution is 0.150. The van der Waals surface area contributed by atoms with Crippen LogP contribution in [0, 0.1) is 0 Å². The zero-order chi connectivity index (χ0) is 17.6. The summed E-state index contributed by atoms with van der Waals surface area (Å²) in [4.78, 5) is 0. The Labute approximate surface area is 143 Å². The van der Waals surface area contributed by atoms with Crippen LogP contribution in [0.15, 0.2) is 0 Å². The van der Waals surface area contributed by atoms with Crippen molar-refractivity contribution in [1.29, 1.82) is 0 Å². The predicted molar refractivity (Wildman–Crippen MR) is 97.3 cm³/mol. The molecule has 5 heteroatoms. The van der Waals surface area contributed by atoms with E-state index in [1.165, 1.54) is 25.7 Å². The zero-order valence-electron chi connectivity index (χ0n) is 15.2. The van der Waals surface area contributed by atoms with Crippen molar-refractivity contribution in [3.63, 3.8) is 0 Å². The van der Waals surface area contributed by atoms with E-state index >= 15 is 0 Å². The third-order valence-corrected chi connectivity index (χ3v) is 5.78. The van der Waals surface area contributed by atoms with E-state index < -0.39 is 15.4 Å². The minimum absolute atomic E-state index is 0.112. The SMILES string of the molecule is CCCC(O)CCCCCCCCCCC(CCC)S(=O)(=O)O. The molecule has 0 aliphatic heterocycles. The van der Waals surface area contributed by atoms with Gasteiger partial charge in [-0.1, -0.05) is 78.1 Å². The fourth-order valence-electron chi connectivity index (χ4n) is 3.05. The molecule has 2 unspecified atom stereocenters. The second kappa shape index (κ2) is 14.2. The third-order valence-electron chi connectivity index (χ3n) is 4.47. The molecule has 0 bridgehead atoms. The Morgan fingerprint density at radius 2 is 1.13 bits per heavy atom. The van der Waals surface area contributed by atoms with Gasteiger partial charge in [0, 0.05) is 0 Å². The minimum Gasteiger partial charge on any atom is -0.393 e. The number of unbranched alkanes of at least 4 members (excludes halogenated alkanes) is 7. The molecule has 0 spiro atoms. The zero-order valence-corrected chi connectivity index (χ0v) is 16.0. The van der Waals surface area contributed by atoms with Crippen LogP contribution in [-0.4, -0.2) is 29.4 Å². The number of hydrogen-bond donors (Lipinski definition) is 2. The summed E-state index contributed by atoms with van der Waals surface area (Å²) in [5.74, 6) is 0. The molecule has 0 amide bonds. The Balaban J connectivity index is 3.45. The molecule has 0 saturated heterocycles. The molecule has 0 rings (SSSR count). The first-order valence-electron chi connectivity index (χ1n) is 9.56. The maximum atomic E-state index is 11.2. The van der Waals surface area contributed by atoms with Crippen LogP contribution in [0.1, 0.15) is 104 Å². The molecule has 23 heavy (non-hydrogen) atoms. The van der Waals surface area contributed by atoms with E-state index in [0.29, 0.717) is 12.8 Å². The Morgan fingerprint density at radius 1 is 0.696 bits per heavy atom. The first kappa shape index (κ1) is 22.9. The van der Waals surface area contributed by atoms with Crippen LogP contribution in [0.4, 0.5) is 0 Å². The Bertz CT molecular complexity index is 354. The molecule has 2 N–H and O–H groups in total. The van der Waals surface area contributed by atoms with Crippen LogP contribution in [0.3, 0.4) is 0 Å². The van der Waals surface area contributed by atoms with E-state index in [0.717, 1.165) is 51.4 Å². The highest BCUT2D eigenvalue weighted by atomic mass is 32.2. The first-order chi connectivity index (χ1) is 10.9. The van der Waals surface area contributed by atoms with Crippen molar-refractivity contribution in [3.05, 3.63) is 0 Å². The number of hydrogen-bond acceptors (Lipinski definition) is 3. The van der Waals surface area contributed by atoms with E-state index in [4.69, 9.17) is 4.55 Å². The largest absolute Gasteiger partial charge is 0.393 e. The molecule has 0 saturated carbocycles. The quantitative estimate of drug-likeness (QED) is 0.300. The average Bonchev–Trinajstić information content (AvgIpc) is 2.47. The van der Waals surface area contributed by atoms with Crippen LogP contribution in [0.2, 0.25) is 0 Å². The van der Waals surface area contributed by atoms with Crippen molar-refractivity contribution in [1.82, 2.24) is 0 Å². The van der Waals surface area contributed by atoms with Crippen molar-refractivity contribution < 1.29 is 18.1 Å². The van der Waals surface area contributed by atoms with Gasteiger partial charge in [-0.25, -0.2) is 0 Å². The van der Waals surface area contributed by atoms with Gasteiger partial charge in [-0.15, -0.1) is 0 Å². The molecule has 0 aliphatic rings. The summed E-state index contributed by atoms with van der Waals surface area (Å²) < 4.78 is 31.6. The summed E-state index contributed by atoms with van der Waals surface area (Å²) >= 11 is 0. The number of rotatable bonds is 16. The third kappa shape index (κ3) is 14.0. The lowest BCUT2D eigenvalue weighted by Crippen LogP contribution is -2.20. The average molecular weight is 351 g/mol. The van der Waals surface area contributed by atoms with E-state index in [9.17, 15) is 13.5 Å². The van der Waals surface area contributed by atoms with E-state index in [-0.39, 0.29) is 6.10 Å². The predicted octanol–water partition coefficient (Wildman–Crippen LogP) is 5.10. The van der Waals surface area contributed by atoms with Crippen molar-refractivity contribution >= 4 is 10.1 Å². The normalized spacial score (nSPS) is 14.8. The molecular weight excluding hydrogens is 312 g/mol. The molecule has 0 radical (unpaired) electrons. The van der Waals surface area contributed by atoms with Crippen LogP contribution in [-0.2, 0) is 10.1 Å². The number of aliphatic hydroxyl groups excluding tert-OH is 1. The molecule has 2 atom stereocenters. The van der Waals surface area contributed by atoms with Crippen molar-refractivity contribution in [3.8, 4) is 0 Å². The van der Waals surface area contributed by atoms with Gasteiger partial charge in [-0.2, -0.15) is 8.42 Å². The molecule has 4 nitrogen and oxygen atoms in total. The summed E-state index contributed by atoms with van der Waals surface area (Å²) in [5.41, 5.74) is 0. The Hall–Kier alpha value is -0.130. The fraction of sp³-hybridized carbons (Fsp3) is 1.00. The summed E-state index contributed by atoms with van der Waals surface area (Å²) in [6.07, 6.45) is 13.8. The highest BCUT2D eigenvalue weighted by Gasteiger charge is 2.20. The summed E-state index contributed by atoms with van der Waals surface area (Å²) in [7, 11) is -3.87. The first-order valence-corrected chi connectivity index (χ1v) is 11.1. The number of aliphatic hydroxyl groups is 1. The van der Waals surface area contributed by atoms with Crippen LogP contribution in [0.25, 0.3) is 0 Å². The highest BCUT2D eigenvalue weighted by Crippen LogP contribution is 2.17. The highest BCUT2D eigenvalue weighted by molar-refractivity contribution is 7.86. The molecule has 0 heterocycles. The molecule has 0 aromatic heterocycles. The molecule has 0 aromatic carbocycles. The summed E-state index contributed by atoms with van der Waals surface area (Å²) in [6.45, 7) is 4.04. The van der Waals surface area contributed by atoms with Gasteiger partial charge in [0.15, 0.2) is 0 Å². The van der Waals surface area contributed by atoms with Crippen molar-refractivity contribution in [2.45, 2.75) is 115 Å². The standard InChI is InChI=1S/C18H38O4S/c1-3-13-17(19)15-11-9-7-5-6-8-10-12-16-18(14-4-2)23(20,21)22/h17-19H,3-16H2,1-2H3,(H,20,21,22). The lowest BCUT2D eigenvalue weighted by Gasteiger charge is -2.12. The lowest BCUT2D eigenvalue weighted by atomic mass is 10.0. The Morgan fingerprint density at radius 3 is 1.57 bits per heavy atom. The smallest absolute Gasteiger partial charge is 0.267 e. The maximum absolute atomic E-state index is 11.2. The van der Waals surface area contributed by atoms with Gasteiger partial charge in [-0.05, 0) is 25.7 Å². The molecule has 0 aliphatic carbocycles. The van der Waals surface area contributed by atoms with E-state index in [2.05, 4.69) is 6.92 Å². The molecular formula is C18H38O4S. The molecule has 140 valence electrons. The van der Waals surface area contributed by atoms with Gasteiger partial charge in [0.1, 0.15) is 0 Å². The van der Waals surface area contributed by atoms with Gasteiger partial charge < -0.3 is 5.11 Å². The fourth-order valence-corrected chi connectivity index (χ4v) is 4.05. The van der Waals surface area contributed by atoms with Crippen LogP contribution in [0.5, 0.6) is 0 Å². The minimum atomic E-state index is -3.87. The monoisotopic (exact) mass is 350 g/mol. The molecule has 0 aromatic rings.